The summed E-state index contributed by atoms with van der Waals surface area (Å²) < 4.78 is 0. The molecule has 0 spiro atoms. The van der Waals surface area contributed by atoms with Crippen molar-refractivity contribution in [2.45, 2.75) is 26.3 Å². The maximum atomic E-state index is 12.0. The highest BCUT2D eigenvalue weighted by molar-refractivity contribution is 6.30. The van der Waals surface area contributed by atoms with E-state index in [0.29, 0.717) is 24.5 Å². The number of hydrogen-bond acceptors (Lipinski definition) is 2. The van der Waals surface area contributed by atoms with Crippen molar-refractivity contribution in [1.82, 2.24) is 10.2 Å². The molecule has 0 saturated heterocycles. The number of nitrogens with one attached hydrogen (secondary N) is 1. The van der Waals surface area contributed by atoms with Crippen molar-refractivity contribution in [3.63, 3.8) is 0 Å². The number of amides is 2. The Labute approximate surface area is 153 Å². The highest BCUT2D eigenvalue weighted by Gasteiger charge is 2.18. The lowest BCUT2D eigenvalue weighted by atomic mass is 10.1. The highest BCUT2D eigenvalue weighted by Crippen LogP contribution is 2.19. The Hall–Kier alpha value is -2.33. The summed E-state index contributed by atoms with van der Waals surface area (Å²) in [6.45, 7) is 4.43. The molecule has 2 rings (SSSR count). The predicted octanol–water partition coefficient (Wildman–Crippen LogP) is 3.61. The molecule has 0 fully saturated rings. The fourth-order valence-corrected chi connectivity index (χ4v) is 2.83. The first-order chi connectivity index (χ1) is 12.0. The van der Waals surface area contributed by atoms with Crippen LogP contribution in [-0.2, 0) is 16.0 Å². The third-order valence-corrected chi connectivity index (χ3v) is 4.36. The largest absolute Gasteiger partial charge is 0.354 e. The molecule has 0 aliphatic carbocycles. The van der Waals surface area contributed by atoms with E-state index >= 15 is 0 Å². The Morgan fingerprint density at radius 1 is 1.08 bits per heavy atom. The van der Waals surface area contributed by atoms with Crippen LogP contribution in [0.2, 0.25) is 5.02 Å². The smallest absolute Gasteiger partial charge is 0.224 e. The first-order valence-electron chi connectivity index (χ1n) is 8.30. The Balaban J connectivity index is 1.85. The van der Waals surface area contributed by atoms with Gasteiger partial charge in [-0.3, -0.25) is 9.59 Å². The highest BCUT2D eigenvalue weighted by atomic mass is 35.5. The van der Waals surface area contributed by atoms with E-state index < -0.39 is 0 Å². The van der Waals surface area contributed by atoms with E-state index in [-0.39, 0.29) is 17.9 Å². The van der Waals surface area contributed by atoms with Crippen LogP contribution in [0.15, 0.2) is 54.6 Å². The second-order valence-electron chi connectivity index (χ2n) is 5.95. The van der Waals surface area contributed by atoms with E-state index in [1.807, 2.05) is 49.4 Å². The van der Waals surface area contributed by atoms with Crippen LogP contribution in [0.3, 0.4) is 0 Å². The molecule has 25 heavy (non-hydrogen) atoms. The van der Waals surface area contributed by atoms with E-state index in [0.717, 1.165) is 11.1 Å². The summed E-state index contributed by atoms with van der Waals surface area (Å²) in [7, 11) is 0. The van der Waals surface area contributed by atoms with Gasteiger partial charge in [0.15, 0.2) is 0 Å². The molecule has 2 aromatic carbocycles. The van der Waals surface area contributed by atoms with Crippen molar-refractivity contribution in [2.75, 3.05) is 13.1 Å². The summed E-state index contributed by atoms with van der Waals surface area (Å²) in [6, 6.07) is 17.0. The van der Waals surface area contributed by atoms with Crippen molar-refractivity contribution < 1.29 is 9.59 Å². The van der Waals surface area contributed by atoms with Gasteiger partial charge in [-0.25, -0.2) is 0 Å². The maximum Gasteiger partial charge on any atom is 0.224 e. The Morgan fingerprint density at radius 2 is 1.72 bits per heavy atom. The molecule has 0 aromatic heterocycles. The summed E-state index contributed by atoms with van der Waals surface area (Å²) in [6.07, 6.45) is 0.297. The SMILES string of the molecule is CC(=O)N(CCNC(=O)Cc1ccc(Cl)cc1)C(C)c1ccccc1. The molecule has 1 unspecified atom stereocenters. The number of benzene rings is 2. The number of halogens is 1. The minimum atomic E-state index is -0.0711. The van der Waals surface area contributed by atoms with Crippen LogP contribution in [0.4, 0.5) is 0 Å². The summed E-state index contributed by atoms with van der Waals surface area (Å²) >= 11 is 5.84. The third kappa shape index (κ3) is 5.91. The zero-order valence-electron chi connectivity index (χ0n) is 14.5. The van der Waals surface area contributed by atoms with Gasteiger partial charge in [0, 0.05) is 25.0 Å². The molecule has 1 atom stereocenters. The lowest BCUT2D eigenvalue weighted by Gasteiger charge is -2.28. The van der Waals surface area contributed by atoms with Crippen LogP contribution in [-0.4, -0.2) is 29.8 Å². The van der Waals surface area contributed by atoms with Crippen LogP contribution in [0.1, 0.15) is 31.0 Å². The number of carbonyl (C=O) groups excluding carboxylic acids is 2. The van der Waals surface area contributed by atoms with Gasteiger partial charge in [0.1, 0.15) is 0 Å². The lowest BCUT2D eigenvalue weighted by Crippen LogP contribution is -2.39. The molecular weight excluding hydrogens is 336 g/mol. The quantitative estimate of drug-likeness (QED) is 0.822. The molecular formula is C20H23ClN2O2. The van der Waals surface area contributed by atoms with Crippen molar-refractivity contribution >= 4 is 23.4 Å². The van der Waals surface area contributed by atoms with Gasteiger partial charge in [0.05, 0.1) is 12.5 Å². The molecule has 0 aliphatic rings. The Morgan fingerprint density at radius 3 is 2.32 bits per heavy atom. The van der Waals surface area contributed by atoms with Gasteiger partial charge in [-0.05, 0) is 30.2 Å². The molecule has 4 nitrogen and oxygen atoms in total. The van der Waals surface area contributed by atoms with Crippen LogP contribution in [0, 0.1) is 0 Å². The molecule has 0 radical (unpaired) electrons. The normalized spacial score (nSPS) is 11.6. The molecule has 0 bridgehead atoms. The van der Waals surface area contributed by atoms with E-state index in [1.54, 1.807) is 24.0 Å². The Kier molecular flexibility index (Phi) is 7.02. The van der Waals surface area contributed by atoms with E-state index in [4.69, 9.17) is 11.6 Å². The van der Waals surface area contributed by atoms with Crippen molar-refractivity contribution in [3.8, 4) is 0 Å². The summed E-state index contributed by atoms with van der Waals surface area (Å²) in [5.74, 6) is -0.0820. The van der Waals surface area contributed by atoms with Crippen molar-refractivity contribution in [2.24, 2.45) is 0 Å². The number of nitrogens with zero attached hydrogens (tertiary/aromatic N) is 1. The molecule has 1 N–H and O–H groups in total. The van der Waals surface area contributed by atoms with Gasteiger partial charge in [-0.1, -0.05) is 54.1 Å². The van der Waals surface area contributed by atoms with Crippen LogP contribution in [0.5, 0.6) is 0 Å². The van der Waals surface area contributed by atoms with Gasteiger partial charge >= 0.3 is 0 Å². The lowest BCUT2D eigenvalue weighted by molar-refractivity contribution is -0.131. The summed E-state index contributed by atoms with van der Waals surface area (Å²) in [5, 5.41) is 3.52. The maximum absolute atomic E-state index is 12.0. The predicted molar refractivity (Wildman–Crippen MR) is 100 cm³/mol. The molecule has 0 heterocycles. The second kappa shape index (κ2) is 9.23. The van der Waals surface area contributed by atoms with E-state index in [2.05, 4.69) is 5.32 Å². The van der Waals surface area contributed by atoms with Gasteiger partial charge in [0.2, 0.25) is 11.8 Å². The van der Waals surface area contributed by atoms with Gasteiger partial charge < -0.3 is 10.2 Å². The average molecular weight is 359 g/mol. The second-order valence-corrected chi connectivity index (χ2v) is 6.39. The fraction of sp³-hybridized carbons (Fsp3) is 0.300. The topological polar surface area (TPSA) is 49.4 Å². The van der Waals surface area contributed by atoms with E-state index in [1.165, 1.54) is 0 Å². The van der Waals surface area contributed by atoms with Gasteiger partial charge in [-0.15, -0.1) is 0 Å². The monoisotopic (exact) mass is 358 g/mol. The fourth-order valence-electron chi connectivity index (χ4n) is 2.70. The molecule has 5 heteroatoms. The number of carbonyl (C=O) groups is 2. The van der Waals surface area contributed by atoms with E-state index in [9.17, 15) is 9.59 Å². The number of hydrogen-bond donors (Lipinski definition) is 1. The first-order valence-corrected chi connectivity index (χ1v) is 8.68. The van der Waals surface area contributed by atoms with Gasteiger partial charge in [-0.2, -0.15) is 0 Å². The van der Waals surface area contributed by atoms with Crippen molar-refractivity contribution in [1.29, 1.82) is 0 Å². The minimum Gasteiger partial charge on any atom is -0.354 e. The van der Waals surface area contributed by atoms with Crippen LogP contribution in [0.25, 0.3) is 0 Å². The molecule has 2 aromatic rings. The third-order valence-electron chi connectivity index (χ3n) is 4.11. The van der Waals surface area contributed by atoms with Crippen LogP contribution < -0.4 is 5.32 Å². The van der Waals surface area contributed by atoms with Crippen LogP contribution >= 0.6 is 11.6 Å². The minimum absolute atomic E-state index is 0.0108. The molecule has 0 saturated carbocycles. The molecule has 2 amide bonds. The zero-order valence-corrected chi connectivity index (χ0v) is 15.3. The van der Waals surface area contributed by atoms with Crippen molar-refractivity contribution in [3.05, 3.63) is 70.7 Å². The zero-order chi connectivity index (χ0) is 18.2. The molecule has 0 aliphatic heterocycles. The first kappa shape index (κ1) is 19.0. The standard InChI is InChI=1S/C20H23ClN2O2/c1-15(18-6-4-3-5-7-18)23(16(2)24)13-12-22-20(25)14-17-8-10-19(21)11-9-17/h3-11,15H,12-14H2,1-2H3,(H,22,25). The average Bonchev–Trinajstić information content (AvgIpc) is 2.60. The van der Waals surface area contributed by atoms with Gasteiger partial charge in [0.25, 0.3) is 0 Å². The molecule has 132 valence electrons. The number of rotatable bonds is 7. The Bertz CT molecular complexity index is 701. The summed E-state index contributed by atoms with van der Waals surface area (Å²) in [5.41, 5.74) is 1.98. The summed E-state index contributed by atoms with van der Waals surface area (Å²) in [4.78, 5) is 25.8.